The number of cyclic esters (lactones) is 1. The van der Waals surface area contributed by atoms with Gasteiger partial charge in [0.25, 0.3) is 17.7 Å². The van der Waals surface area contributed by atoms with Crippen molar-refractivity contribution in [1.29, 1.82) is 0 Å². The van der Waals surface area contributed by atoms with Crippen LogP contribution >= 0.6 is 40.4 Å². The van der Waals surface area contributed by atoms with Crippen molar-refractivity contribution in [3.8, 4) is 0 Å². The number of carbonyl (C=O) groups excluding carboxylic acids is 6. The molecule has 0 saturated carbocycles. The van der Waals surface area contributed by atoms with Crippen molar-refractivity contribution < 1.29 is 51.8 Å². The number of esters is 3. The molecule has 3 saturated heterocycles. The van der Waals surface area contributed by atoms with Crippen molar-refractivity contribution in [2.75, 3.05) is 40.4 Å². The number of anilines is 4. The standard InChI is InChI=1S/C27H22FN5O2S.C20H19FN4OS.C8H8BrNO2.C8H9NO2.C4H6O2/c1-16-12-18(9-10-22(16)29-4)32-25(35)27(2,3)33(26(32)36)19-8-7-17(21(28)13-19)14-31-15-23-20(24(31)34)6-5-11-30-23;1-12-9-14(7-8-17(12)23-4)24-18(26)20(2,3)25(19(24)27)15-6-5-13(11-22)16(21)10-15;1-12-8(11)6-3-2-4-10-7(6)5-9;1-6-7(8(10)11-2)4-3-5-9-6;5-4-2-1-3-6-4/h5-13H,14-15H2,1-3H3;5-10H,11,22H2,1-3H3;2-4H,5H2,1H3;3-5H,1-2H3;1-3H2. The van der Waals surface area contributed by atoms with E-state index in [-0.39, 0.29) is 58.9 Å². The van der Waals surface area contributed by atoms with Gasteiger partial charge in [0.15, 0.2) is 21.6 Å². The Labute approximate surface area is 550 Å². The Morgan fingerprint density at radius 2 is 1.15 bits per heavy atom. The van der Waals surface area contributed by atoms with E-state index in [0.29, 0.717) is 104 Å². The van der Waals surface area contributed by atoms with E-state index in [4.69, 9.17) is 43.3 Å². The van der Waals surface area contributed by atoms with Gasteiger partial charge in [-0.2, -0.15) is 0 Å². The maximum atomic E-state index is 15.3. The molecule has 3 amide bonds. The topological polar surface area (TPSA) is 220 Å². The third-order valence-corrected chi connectivity index (χ3v) is 16.3. The van der Waals surface area contributed by atoms with Crippen molar-refractivity contribution in [3.05, 3.63) is 218 Å². The Bertz CT molecular complexity index is 4130. The van der Waals surface area contributed by atoms with Crippen LogP contribution in [0.15, 0.2) is 128 Å². The molecule has 2 N–H and O–H groups in total. The average Bonchev–Trinajstić information content (AvgIpc) is 1.59. The molecule has 92 heavy (non-hydrogen) atoms. The zero-order valence-electron chi connectivity index (χ0n) is 51.7. The van der Waals surface area contributed by atoms with Gasteiger partial charge < -0.3 is 34.6 Å². The largest absolute Gasteiger partial charge is 0.466 e. The summed E-state index contributed by atoms with van der Waals surface area (Å²) in [6.07, 6.45) is 6.46. The molecule has 0 atom stereocenters. The van der Waals surface area contributed by atoms with Crippen LogP contribution in [0.5, 0.6) is 0 Å². The number of rotatable bonds is 10. The minimum absolute atomic E-state index is 0.0463. The molecule has 0 unspecified atom stereocenters. The highest BCUT2D eigenvalue weighted by Gasteiger charge is 2.52. The molecule has 0 aliphatic carbocycles. The maximum Gasteiger partial charge on any atom is 0.339 e. The van der Waals surface area contributed by atoms with E-state index in [2.05, 4.69) is 54.8 Å². The van der Waals surface area contributed by atoms with Gasteiger partial charge in [0.05, 0.1) is 74.3 Å². The van der Waals surface area contributed by atoms with Crippen molar-refractivity contribution in [2.24, 2.45) is 5.73 Å². The number of pyridine rings is 3. The number of nitrogens with zero attached hydrogens (tertiary/aromatic N) is 10. The lowest BCUT2D eigenvalue weighted by Crippen LogP contribution is -2.44. The Hall–Kier alpha value is -9.79. The summed E-state index contributed by atoms with van der Waals surface area (Å²) in [4.78, 5) is 98.1. The number of halogens is 3. The van der Waals surface area contributed by atoms with Crippen LogP contribution in [0, 0.1) is 45.5 Å². The number of ether oxygens (including phenoxy) is 3. The number of amides is 3. The highest BCUT2D eigenvalue weighted by Crippen LogP contribution is 2.40. The first kappa shape index (κ1) is 69.7. The van der Waals surface area contributed by atoms with Gasteiger partial charge in [0.2, 0.25) is 0 Å². The first-order valence-electron chi connectivity index (χ1n) is 28.4. The van der Waals surface area contributed by atoms with Crippen LogP contribution in [0.1, 0.15) is 111 Å². The molecule has 3 fully saturated rings. The van der Waals surface area contributed by atoms with Crippen molar-refractivity contribution in [1.82, 2.24) is 19.9 Å². The van der Waals surface area contributed by atoms with Gasteiger partial charge in [-0.05, 0) is 175 Å². The molecule has 7 aromatic rings. The zero-order chi connectivity index (χ0) is 67.4. The molecular weight excluding hydrogens is 1280 g/mol. The Morgan fingerprint density at radius 1 is 0.674 bits per heavy atom. The van der Waals surface area contributed by atoms with Gasteiger partial charge in [0, 0.05) is 77.3 Å². The fourth-order valence-corrected chi connectivity index (χ4v) is 11.5. The summed E-state index contributed by atoms with van der Waals surface area (Å²) in [5.74, 6) is -2.30. The summed E-state index contributed by atoms with van der Waals surface area (Å²) >= 11 is 14.5. The van der Waals surface area contributed by atoms with Crippen LogP contribution in [0.2, 0.25) is 0 Å². The number of fused-ring (bicyclic) bond motifs is 1. The van der Waals surface area contributed by atoms with Crippen LogP contribution in [0.25, 0.3) is 9.69 Å². The van der Waals surface area contributed by atoms with Crippen LogP contribution in [0.4, 0.5) is 42.9 Å². The van der Waals surface area contributed by atoms with E-state index in [0.717, 1.165) is 17.5 Å². The van der Waals surface area contributed by atoms with E-state index >= 15 is 4.39 Å². The number of hydrogen-bond acceptors (Lipinski definition) is 15. The smallest absolute Gasteiger partial charge is 0.339 e. The second-order valence-corrected chi connectivity index (χ2v) is 23.1. The summed E-state index contributed by atoms with van der Waals surface area (Å²) in [6, 6.07) is 29.8. The van der Waals surface area contributed by atoms with Gasteiger partial charge in [-0.25, -0.2) is 28.1 Å². The van der Waals surface area contributed by atoms with Gasteiger partial charge in [-0.15, -0.1) is 0 Å². The van der Waals surface area contributed by atoms with Gasteiger partial charge >= 0.3 is 17.9 Å². The predicted molar refractivity (Wildman–Crippen MR) is 355 cm³/mol. The SMILES string of the molecule is COC(=O)c1cccnc1C.COC(=O)c1cccnc1CBr.O=C1CCCO1.[C-]#[N+]c1ccc(N2C(=O)C(C)(C)N(c3ccc(CN)c(F)c3)C2=S)cc1C.[C-]#[N+]c1ccc(N2C(=O)C(C)(C)N(c3ccc(CN4Cc5ncccc5C4=O)c(F)c3)C2=S)cc1C. The van der Waals surface area contributed by atoms with Crippen LogP contribution < -0.4 is 25.3 Å². The predicted octanol–water partition coefficient (Wildman–Crippen LogP) is 12.5. The fraction of sp³-hybridized carbons (Fsp3) is 0.269. The Balaban J connectivity index is 0.000000186. The lowest BCUT2D eigenvalue weighted by atomic mass is 10.0. The fourth-order valence-electron chi connectivity index (χ4n) is 10.0. The molecular formula is C67H64BrF2N11O9S2. The molecule has 0 spiro atoms. The van der Waals surface area contributed by atoms with Gasteiger partial charge in [-0.3, -0.25) is 43.9 Å². The number of alkyl halides is 1. The second-order valence-electron chi connectivity index (χ2n) is 21.8. The van der Waals surface area contributed by atoms with Crippen LogP contribution in [0.3, 0.4) is 0 Å². The first-order valence-corrected chi connectivity index (χ1v) is 30.3. The number of thiocarbonyl (C=S) groups is 2. The summed E-state index contributed by atoms with van der Waals surface area (Å²) < 4.78 is 43.2. The molecule has 0 bridgehead atoms. The third kappa shape index (κ3) is 15.2. The highest BCUT2D eigenvalue weighted by atomic mass is 79.9. The lowest BCUT2D eigenvalue weighted by Gasteiger charge is -2.29. The molecule has 11 rings (SSSR count). The maximum absolute atomic E-state index is 15.3. The molecule has 3 aromatic heterocycles. The molecule has 474 valence electrons. The van der Waals surface area contributed by atoms with Crippen LogP contribution in [-0.2, 0) is 53.6 Å². The van der Waals surface area contributed by atoms with E-state index in [1.807, 2.05) is 6.92 Å². The third-order valence-electron chi connectivity index (χ3n) is 15.0. The molecule has 25 heteroatoms. The number of hydrogen-bond donors (Lipinski definition) is 1. The van der Waals surface area contributed by atoms with Crippen molar-refractivity contribution in [2.45, 2.75) is 97.4 Å². The van der Waals surface area contributed by atoms with Crippen molar-refractivity contribution in [3.63, 3.8) is 0 Å². The summed E-state index contributed by atoms with van der Waals surface area (Å²) in [5, 5.41) is 1.04. The van der Waals surface area contributed by atoms with Gasteiger partial charge in [-0.1, -0.05) is 40.2 Å². The number of aryl methyl sites for hydroxylation is 3. The second kappa shape index (κ2) is 30.3. The van der Waals surface area contributed by atoms with E-state index in [9.17, 15) is 33.2 Å². The van der Waals surface area contributed by atoms with Gasteiger partial charge in [0.1, 0.15) is 22.7 Å². The summed E-state index contributed by atoms with van der Waals surface area (Å²) in [7, 11) is 2.71. The number of aromatic nitrogens is 3. The molecule has 4 aromatic carbocycles. The molecule has 20 nitrogen and oxygen atoms in total. The normalized spacial score (nSPS) is 14.9. The number of benzene rings is 4. The first-order chi connectivity index (χ1) is 43.8. The molecule has 4 aliphatic heterocycles. The Kier molecular flexibility index (Phi) is 23.0. The minimum Gasteiger partial charge on any atom is -0.466 e. The van der Waals surface area contributed by atoms with Crippen LogP contribution in [-0.4, -0.2) is 97.6 Å². The lowest BCUT2D eigenvalue weighted by molar-refractivity contribution is -0.138. The minimum atomic E-state index is -1.06. The quantitative estimate of drug-likeness (QED) is 0.0442. The number of carbonyl (C=O) groups is 6. The van der Waals surface area contributed by atoms with E-state index < -0.39 is 22.7 Å². The average molecular weight is 1350 g/mol. The van der Waals surface area contributed by atoms with Crippen molar-refractivity contribution >= 4 is 120 Å². The summed E-state index contributed by atoms with van der Waals surface area (Å²) in [5.41, 5.74) is 12.5. The van der Waals surface area contributed by atoms with E-state index in [1.54, 1.807) is 172 Å². The van der Waals surface area contributed by atoms with E-state index in [1.165, 1.54) is 36.2 Å². The highest BCUT2D eigenvalue weighted by molar-refractivity contribution is 9.08. The molecule has 4 aliphatic rings. The number of nitrogens with two attached hydrogens (primary N) is 1. The number of methoxy groups -OCH3 is 2. The molecule has 7 heterocycles. The molecule has 0 radical (unpaired) electrons. The monoisotopic (exact) mass is 1350 g/mol. The Morgan fingerprint density at radius 3 is 1.58 bits per heavy atom. The summed E-state index contributed by atoms with van der Waals surface area (Å²) in [6.45, 7) is 27.9. The zero-order valence-corrected chi connectivity index (χ0v) is 55.0.